The molecule has 3 aliphatic rings. The molecule has 7 aromatic rings. The molecule has 3 aliphatic heterocycles. The summed E-state index contributed by atoms with van der Waals surface area (Å²) in [7, 11) is -4.05. The Labute approximate surface area is 295 Å². The van der Waals surface area contributed by atoms with E-state index >= 15 is 0 Å². The van der Waals surface area contributed by atoms with Gasteiger partial charge >= 0.3 is 0 Å². The summed E-state index contributed by atoms with van der Waals surface area (Å²) in [4.78, 5) is 5.33. The third-order valence-electron chi connectivity index (χ3n) is 11.0. The number of benzene rings is 7. The molecular weight excluding hydrogens is 643 g/mol. The van der Waals surface area contributed by atoms with E-state index in [-0.39, 0.29) is 5.41 Å². The number of anilines is 3. The number of nitrogens with zero attached hydrogens (tertiary/aromatic N) is 1. The molecular formula is C45H34NSSi2. The molecule has 0 fully saturated rings. The van der Waals surface area contributed by atoms with Gasteiger partial charge in [-0.1, -0.05) is 175 Å². The van der Waals surface area contributed by atoms with E-state index in [2.05, 4.69) is 189 Å². The van der Waals surface area contributed by atoms with Gasteiger partial charge in [-0.05, 0) is 68.3 Å². The summed E-state index contributed by atoms with van der Waals surface area (Å²) >= 11 is 1.94. The predicted octanol–water partition coefficient (Wildman–Crippen LogP) is 6.47. The molecule has 0 bridgehead atoms. The maximum absolute atomic E-state index is 2.76. The highest BCUT2D eigenvalue weighted by molar-refractivity contribution is 8.00. The molecule has 0 unspecified atom stereocenters. The average molecular weight is 677 g/mol. The number of hydrogen-bond donors (Lipinski definition) is 0. The number of para-hydroxylation sites is 2. The summed E-state index contributed by atoms with van der Waals surface area (Å²) in [5.41, 5.74) is 6.40. The van der Waals surface area contributed by atoms with Crippen LogP contribution in [0.1, 0.15) is 25.0 Å². The first kappa shape index (κ1) is 29.1. The SMILES string of the molecule is CC1(C)c2ccccc2N(c2ccc3c(c2)[Si]2(c4ccccc4Sc4ccccc42)c2ccccc2[Si]3c2ccccc2)c2ccccc21. The van der Waals surface area contributed by atoms with Gasteiger partial charge in [-0.2, -0.15) is 0 Å². The zero-order chi connectivity index (χ0) is 32.7. The second-order valence-electron chi connectivity index (χ2n) is 13.9. The van der Waals surface area contributed by atoms with Gasteiger partial charge in [0, 0.05) is 20.9 Å². The van der Waals surface area contributed by atoms with Gasteiger partial charge in [-0.15, -0.1) is 0 Å². The van der Waals surface area contributed by atoms with Crippen LogP contribution in [0.5, 0.6) is 0 Å². The highest BCUT2D eigenvalue weighted by Crippen LogP contribution is 2.51. The Balaban J connectivity index is 1.34. The van der Waals surface area contributed by atoms with Gasteiger partial charge in [0.1, 0.15) is 0 Å². The molecule has 4 heteroatoms. The highest BCUT2D eigenvalue weighted by Gasteiger charge is 2.53. The van der Waals surface area contributed by atoms with E-state index in [1.165, 1.54) is 63.9 Å². The number of fused-ring (bicyclic) bond motifs is 10. The van der Waals surface area contributed by atoms with Crippen LogP contribution in [0.25, 0.3) is 0 Å². The second kappa shape index (κ2) is 10.8. The van der Waals surface area contributed by atoms with Gasteiger partial charge in [0.15, 0.2) is 16.9 Å². The van der Waals surface area contributed by atoms with E-state index in [0.717, 1.165) is 0 Å². The van der Waals surface area contributed by atoms with Crippen molar-refractivity contribution in [2.75, 3.05) is 4.90 Å². The maximum Gasteiger partial charge on any atom is 0.181 e. The van der Waals surface area contributed by atoms with Crippen molar-refractivity contribution in [3.05, 3.63) is 181 Å². The molecule has 10 rings (SSSR count). The molecule has 49 heavy (non-hydrogen) atoms. The van der Waals surface area contributed by atoms with Crippen molar-refractivity contribution in [2.24, 2.45) is 0 Å². The van der Waals surface area contributed by atoms with Gasteiger partial charge in [0.25, 0.3) is 0 Å². The summed E-state index contributed by atoms with van der Waals surface area (Å²) in [5.74, 6) is 0. The largest absolute Gasteiger partial charge is 0.310 e. The van der Waals surface area contributed by atoms with Crippen molar-refractivity contribution in [3.8, 4) is 0 Å². The molecule has 0 N–H and O–H groups in total. The molecule has 0 saturated carbocycles. The first-order chi connectivity index (χ1) is 24.1. The third-order valence-corrected chi connectivity index (χ3v) is 20.9. The van der Waals surface area contributed by atoms with Crippen LogP contribution in [0.15, 0.2) is 180 Å². The zero-order valence-electron chi connectivity index (χ0n) is 27.5. The minimum absolute atomic E-state index is 0.102. The van der Waals surface area contributed by atoms with Crippen molar-refractivity contribution in [1.29, 1.82) is 0 Å². The summed E-state index contributed by atoms with van der Waals surface area (Å²) < 4.78 is 0. The minimum Gasteiger partial charge on any atom is -0.310 e. The lowest BCUT2D eigenvalue weighted by atomic mass is 9.73. The molecule has 0 aromatic heterocycles. The van der Waals surface area contributed by atoms with Gasteiger partial charge in [-0.3, -0.25) is 0 Å². The van der Waals surface area contributed by atoms with Crippen LogP contribution >= 0.6 is 11.8 Å². The zero-order valence-corrected chi connectivity index (χ0v) is 30.3. The van der Waals surface area contributed by atoms with Crippen LogP contribution in [-0.4, -0.2) is 16.9 Å². The van der Waals surface area contributed by atoms with Crippen molar-refractivity contribution in [1.82, 2.24) is 0 Å². The molecule has 1 radical (unpaired) electrons. The Bertz CT molecular complexity index is 2340. The first-order valence-corrected chi connectivity index (χ1v) is 21.4. The lowest BCUT2D eigenvalue weighted by Crippen LogP contribution is -2.87. The third kappa shape index (κ3) is 3.99. The fourth-order valence-corrected chi connectivity index (χ4v) is 20.6. The first-order valence-electron chi connectivity index (χ1n) is 17.1. The summed E-state index contributed by atoms with van der Waals surface area (Å²) in [6.07, 6.45) is 0. The fourth-order valence-electron chi connectivity index (χ4n) is 8.96. The molecule has 3 heterocycles. The lowest BCUT2D eigenvalue weighted by Gasteiger charge is -2.47. The fraction of sp³-hybridized carbons (Fsp3) is 0.0667. The van der Waals surface area contributed by atoms with Crippen LogP contribution in [0.2, 0.25) is 0 Å². The van der Waals surface area contributed by atoms with Crippen molar-refractivity contribution < 1.29 is 0 Å². The molecule has 0 amide bonds. The standard InChI is InChI=1S/C45H34NSSi2/c1-45(2)33-18-6-8-20-35(33)46(36-21-9-7-19-34(36)45)31-28-29-40-44(30-31)49(41-25-13-10-22-37(41)47-38-23-11-14-26-42(38)49)43-27-15-12-24-39(43)48(40)32-16-4-3-5-17-32/h3-30H,1-2H3. The molecule has 0 saturated heterocycles. The highest BCUT2D eigenvalue weighted by atomic mass is 32.2. The normalized spacial score (nSPS) is 16.1. The molecule has 1 spiro atoms. The topological polar surface area (TPSA) is 3.24 Å². The van der Waals surface area contributed by atoms with Gasteiger partial charge in [0.05, 0.1) is 11.4 Å². The van der Waals surface area contributed by atoms with Gasteiger partial charge in [0.2, 0.25) is 0 Å². The summed E-state index contributed by atoms with van der Waals surface area (Å²) in [6.45, 7) is 4.74. The predicted molar refractivity (Wildman–Crippen MR) is 212 cm³/mol. The van der Waals surface area contributed by atoms with Crippen LogP contribution < -0.4 is 41.2 Å². The maximum atomic E-state index is 2.63. The van der Waals surface area contributed by atoms with Gasteiger partial charge < -0.3 is 4.90 Å². The molecule has 7 aromatic carbocycles. The number of hydrogen-bond acceptors (Lipinski definition) is 2. The average Bonchev–Trinajstić information content (AvgIpc) is 3.15. The monoisotopic (exact) mass is 676 g/mol. The van der Waals surface area contributed by atoms with Crippen molar-refractivity contribution in [2.45, 2.75) is 29.1 Å². The number of rotatable bonds is 2. The van der Waals surface area contributed by atoms with Crippen molar-refractivity contribution in [3.63, 3.8) is 0 Å². The van der Waals surface area contributed by atoms with Crippen LogP contribution in [0.4, 0.5) is 17.1 Å². The Morgan fingerprint density at radius 3 is 1.65 bits per heavy atom. The molecule has 1 nitrogen and oxygen atoms in total. The van der Waals surface area contributed by atoms with E-state index in [9.17, 15) is 0 Å². The van der Waals surface area contributed by atoms with Crippen LogP contribution in [0.3, 0.4) is 0 Å². The van der Waals surface area contributed by atoms with Crippen LogP contribution in [-0.2, 0) is 5.41 Å². The van der Waals surface area contributed by atoms with E-state index in [0.29, 0.717) is 0 Å². The second-order valence-corrected chi connectivity index (χ2v) is 21.0. The smallest absolute Gasteiger partial charge is 0.181 e. The molecule has 0 atom stereocenters. The van der Waals surface area contributed by atoms with Gasteiger partial charge in [-0.25, -0.2) is 0 Å². The Kier molecular flexibility index (Phi) is 6.42. The minimum atomic E-state index is -2.76. The Hall–Kier alpha value is -4.88. The van der Waals surface area contributed by atoms with Crippen molar-refractivity contribution >= 4 is 82.0 Å². The van der Waals surface area contributed by atoms with E-state index in [4.69, 9.17) is 0 Å². The Morgan fingerprint density at radius 1 is 0.490 bits per heavy atom. The Morgan fingerprint density at radius 2 is 1.00 bits per heavy atom. The summed E-state index contributed by atoms with van der Waals surface area (Å²) in [6, 6.07) is 65.0. The lowest BCUT2D eigenvalue weighted by molar-refractivity contribution is 0.632. The summed E-state index contributed by atoms with van der Waals surface area (Å²) in [5, 5.41) is 10.6. The molecule has 0 aliphatic carbocycles. The molecule has 233 valence electrons. The quantitative estimate of drug-likeness (QED) is 0.193. The van der Waals surface area contributed by atoms with E-state index in [1.54, 1.807) is 10.4 Å². The van der Waals surface area contributed by atoms with E-state index < -0.39 is 16.9 Å². The van der Waals surface area contributed by atoms with E-state index in [1.807, 2.05) is 11.8 Å². The van der Waals surface area contributed by atoms with Crippen LogP contribution in [0, 0.1) is 0 Å².